The summed E-state index contributed by atoms with van der Waals surface area (Å²) in [7, 11) is -3.46. The molecule has 0 bridgehead atoms. The van der Waals surface area contributed by atoms with Crippen molar-refractivity contribution in [2.75, 3.05) is 16.6 Å². The number of rotatable bonds is 6. The first-order valence-electron chi connectivity index (χ1n) is 8.52. The lowest BCUT2D eigenvalue weighted by Gasteiger charge is -2.36. The predicted octanol–water partition coefficient (Wildman–Crippen LogP) is 1.63. The van der Waals surface area contributed by atoms with Gasteiger partial charge in [-0.1, -0.05) is 12.5 Å². The molecule has 7 nitrogen and oxygen atoms in total. The molecule has 0 spiro atoms. The fourth-order valence-corrected chi connectivity index (χ4v) is 4.98. The van der Waals surface area contributed by atoms with Crippen LogP contribution in [0.3, 0.4) is 0 Å². The highest BCUT2D eigenvalue weighted by Gasteiger charge is 2.45. The van der Waals surface area contributed by atoms with E-state index in [4.69, 9.17) is 0 Å². The molecule has 0 atom stereocenters. The van der Waals surface area contributed by atoms with Gasteiger partial charge >= 0.3 is 5.97 Å². The van der Waals surface area contributed by atoms with Crippen molar-refractivity contribution < 1.29 is 27.5 Å². The van der Waals surface area contributed by atoms with Gasteiger partial charge in [0.25, 0.3) is 0 Å². The van der Waals surface area contributed by atoms with Gasteiger partial charge in [-0.15, -0.1) is 0 Å². The van der Waals surface area contributed by atoms with Gasteiger partial charge in [-0.05, 0) is 37.0 Å². The van der Waals surface area contributed by atoms with Crippen LogP contribution in [0.5, 0.6) is 0 Å². The molecule has 0 aromatic heterocycles. The molecule has 1 aliphatic heterocycles. The van der Waals surface area contributed by atoms with Gasteiger partial charge in [0.15, 0.2) is 0 Å². The average molecular weight is 384 g/mol. The summed E-state index contributed by atoms with van der Waals surface area (Å²) in [5.74, 6) is -2.00. The topological polar surface area (TPSA) is 104 Å². The van der Waals surface area contributed by atoms with E-state index in [1.54, 1.807) is 6.07 Å². The van der Waals surface area contributed by atoms with Gasteiger partial charge in [0, 0.05) is 19.5 Å². The third kappa shape index (κ3) is 3.53. The molecule has 3 rings (SSSR count). The van der Waals surface area contributed by atoms with E-state index in [1.807, 2.05) is 0 Å². The second kappa shape index (κ2) is 6.86. The first kappa shape index (κ1) is 18.6. The Morgan fingerprint density at radius 1 is 1.27 bits per heavy atom. The van der Waals surface area contributed by atoms with E-state index in [1.165, 1.54) is 12.1 Å². The zero-order valence-corrected chi connectivity index (χ0v) is 15.0. The molecular formula is C17H21FN2O5S. The predicted molar refractivity (Wildman–Crippen MR) is 92.5 cm³/mol. The van der Waals surface area contributed by atoms with Crippen LogP contribution in [-0.4, -0.2) is 37.7 Å². The van der Waals surface area contributed by atoms with E-state index in [9.17, 15) is 27.5 Å². The summed E-state index contributed by atoms with van der Waals surface area (Å²) < 4.78 is 39.2. The van der Waals surface area contributed by atoms with Crippen LogP contribution in [0.15, 0.2) is 18.2 Å². The Labute approximate surface area is 151 Å². The van der Waals surface area contributed by atoms with Crippen LogP contribution in [0.25, 0.3) is 0 Å². The van der Waals surface area contributed by atoms with Gasteiger partial charge in [-0.2, -0.15) is 0 Å². The number of nitrogens with zero attached hydrogens (tertiary/aromatic N) is 1. The second-order valence-corrected chi connectivity index (χ2v) is 8.93. The summed E-state index contributed by atoms with van der Waals surface area (Å²) in [6.45, 7) is 0.311. The van der Waals surface area contributed by atoms with Crippen LogP contribution >= 0.6 is 0 Å². The van der Waals surface area contributed by atoms with Crippen molar-refractivity contribution in [2.45, 2.75) is 38.6 Å². The number of aliphatic carboxylic acids is 1. The number of benzene rings is 1. The molecule has 0 unspecified atom stereocenters. The number of carbonyl (C=O) groups is 2. The summed E-state index contributed by atoms with van der Waals surface area (Å²) in [5.41, 5.74) is -0.477. The molecule has 142 valence electrons. The number of hydrogen-bond donors (Lipinski definition) is 2. The number of carboxylic acid groups (broad SMARTS) is 1. The SMILES string of the molecule is O=C(CC1(C(=O)O)CCC1)NCc1ccc(N2CCCS2(=O)=O)c(F)c1. The second-order valence-electron chi connectivity index (χ2n) is 6.92. The number of amides is 1. The van der Waals surface area contributed by atoms with Crippen LogP contribution in [0.2, 0.25) is 0 Å². The fraction of sp³-hybridized carbons (Fsp3) is 0.529. The molecule has 9 heteroatoms. The summed E-state index contributed by atoms with van der Waals surface area (Å²) >= 11 is 0. The monoisotopic (exact) mass is 384 g/mol. The van der Waals surface area contributed by atoms with E-state index in [0.717, 1.165) is 10.7 Å². The summed E-state index contributed by atoms with van der Waals surface area (Å²) in [5, 5.41) is 11.9. The zero-order chi connectivity index (χ0) is 18.9. The largest absolute Gasteiger partial charge is 0.481 e. The highest BCUT2D eigenvalue weighted by Crippen LogP contribution is 2.44. The van der Waals surface area contributed by atoms with Crippen molar-refractivity contribution in [3.63, 3.8) is 0 Å². The number of anilines is 1. The Morgan fingerprint density at radius 3 is 2.50 bits per heavy atom. The third-order valence-corrected chi connectivity index (χ3v) is 6.99. The molecule has 1 aromatic rings. The highest BCUT2D eigenvalue weighted by molar-refractivity contribution is 7.93. The minimum atomic E-state index is -3.46. The summed E-state index contributed by atoms with van der Waals surface area (Å²) in [6, 6.07) is 4.15. The lowest BCUT2D eigenvalue weighted by molar-refractivity contribution is -0.157. The van der Waals surface area contributed by atoms with Crippen molar-refractivity contribution in [3.05, 3.63) is 29.6 Å². The Hall–Kier alpha value is -2.16. The number of sulfonamides is 1. The standard InChI is InChI=1S/C17H21FN2O5S/c18-13-9-12(3-4-14(13)20-7-2-8-26(20,24)25)11-19-15(21)10-17(16(22)23)5-1-6-17/h3-4,9H,1-2,5-8,10-11H2,(H,19,21)(H,22,23). The molecule has 2 fully saturated rings. The van der Waals surface area contributed by atoms with Gasteiger partial charge in [0.2, 0.25) is 15.9 Å². The quantitative estimate of drug-likeness (QED) is 0.776. The van der Waals surface area contributed by atoms with Crippen molar-refractivity contribution in [1.29, 1.82) is 0 Å². The maximum absolute atomic E-state index is 14.3. The molecule has 0 radical (unpaired) electrons. The molecule has 1 aliphatic carbocycles. The van der Waals surface area contributed by atoms with Crippen molar-refractivity contribution in [3.8, 4) is 0 Å². The number of carboxylic acids is 1. The van der Waals surface area contributed by atoms with Gasteiger partial charge in [0.1, 0.15) is 5.82 Å². The normalized spacial score (nSPS) is 20.4. The molecule has 1 aromatic carbocycles. The highest BCUT2D eigenvalue weighted by atomic mass is 32.2. The fourth-order valence-electron chi connectivity index (χ4n) is 3.41. The van der Waals surface area contributed by atoms with Crippen LogP contribution < -0.4 is 9.62 Å². The molecule has 2 N–H and O–H groups in total. The van der Waals surface area contributed by atoms with E-state index in [2.05, 4.69) is 5.32 Å². The van der Waals surface area contributed by atoms with Crippen LogP contribution in [-0.2, 0) is 26.2 Å². The Kier molecular flexibility index (Phi) is 4.92. The maximum Gasteiger partial charge on any atom is 0.310 e. The minimum absolute atomic E-state index is 0.00950. The van der Waals surface area contributed by atoms with E-state index < -0.39 is 33.1 Å². The first-order chi connectivity index (χ1) is 12.2. The smallest absolute Gasteiger partial charge is 0.310 e. The molecule has 2 aliphatic rings. The average Bonchev–Trinajstić information content (AvgIpc) is 2.88. The molecule has 1 heterocycles. The number of halogens is 1. The summed E-state index contributed by atoms with van der Waals surface area (Å²) in [4.78, 5) is 23.3. The Balaban J connectivity index is 1.62. The molecular weight excluding hydrogens is 363 g/mol. The zero-order valence-electron chi connectivity index (χ0n) is 14.2. The van der Waals surface area contributed by atoms with E-state index >= 15 is 0 Å². The minimum Gasteiger partial charge on any atom is -0.481 e. The molecule has 1 amide bonds. The van der Waals surface area contributed by atoms with Crippen molar-refractivity contribution >= 4 is 27.6 Å². The maximum atomic E-state index is 14.3. The van der Waals surface area contributed by atoms with E-state index in [0.29, 0.717) is 24.8 Å². The molecule has 1 saturated heterocycles. The Bertz CT molecular complexity index is 836. The summed E-state index contributed by atoms with van der Waals surface area (Å²) in [6.07, 6.45) is 2.15. The van der Waals surface area contributed by atoms with Gasteiger partial charge in [-0.3, -0.25) is 13.9 Å². The Morgan fingerprint density at radius 2 is 2.00 bits per heavy atom. The lowest BCUT2D eigenvalue weighted by atomic mass is 9.66. The van der Waals surface area contributed by atoms with Crippen LogP contribution in [0.1, 0.15) is 37.7 Å². The van der Waals surface area contributed by atoms with E-state index in [-0.39, 0.29) is 31.0 Å². The van der Waals surface area contributed by atoms with Gasteiger partial charge in [-0.25, -0.2) is 12.8 Å². The number of nitrogens with one attached hydrogen (secondary N) is 1. The number of hydrogen-bond acceptors (Lipinski definition) is 4. The van der Waals surface area contributed by atoms with Crippen molar-refractivity contribution in [2.24, 2.45) is 5.41 Å². The first-order valence-corrected chi connectivity index (χ1v) is 10.1. The van der Waals surface area contributed by atoms with Crippen molar-refractivity contribution in [1.82, 2.24) is 5.32 Å². The van der Waals surface area contributed by atoms with Crippen LogP contribution in [0.4, 0.5) is 10.1 Å². The molecule has 26 heavy (non-hydrogen) atoms. The number of carbonyl (C=O) groups excluding carboxylic acids is 1. The lowest BCUT2D eigenvalue weighted by Crippen LogP contribution is -2.42. The third-order valence-electron chi connectivity index (χ3n) is 5.13. The van der Waals surface area contributed by atoms with Gasteiger partial charge < -0.3 is 10.4 Å². The van der Waals surface area contributed by atoms with Crippen LogP contribution in [0, 0.1) is 11.2 Å². The van der Waals surface area contributed by atoms with Gasteiger partial charge in [0.05, 0.1) is 16.9 Å². The molecule has 1 saturated carbocycles.